The Bertz CT molecular complexity index is 945. The molecule has 0 bridgehead atoms. The number of carbonyl (C=O) groups is 4. The lowest BCUT2D eigenvalue weighted by atomic mass is 9.76. The Morgan fingerprint density at radius 2 is 1.42 bits per heavy atom. The molecule has 2 saturated heterocycles. The standard InChI is InChI=1S/C24H33N5O7/c30-21(25-35)20-16-18(36-24(34)29-14-12-28(13-15-29)23(32)33)6-7-19(20)22(31)27-10-8-26(9-11-27)17-4-2-1-3-5-17/h1-5,18-20,35H,6-16H2,(H,25,30)(H,32,33). The highest BCUT2D eigenvalue weighted by Crippen LogP contribution is 2.34. The number of carbonyl (C=O) groups excluding carboxylic acids is 3. The molecule has 12 nitrogen and oxygen atoms in total. The summed E-state index contributed by atoms with van der Waals surface area (Å²) in [5.41, 5.74) is 2.78. The largest absolute Gasteiger partial charge is 0.465 e. The van der Waals surface area contributed by atoms with E-state index in [-0.39, 0.29) is 38.5 Å². The number of para-hydroxylation sites is 1. The van der Waals surface area contributed by atoms with Gasteiger partial charge in [0.2, 0.25) is 11.8 Å². The second-order valence-electron chi connectivity index (χ2n) is 9.41. The van der Waals surface area contributed by atoms with Gasteiger partial charge in [-0.05, 0) is 31.4 Å². The van der Waals surface area contributed by atoms with Crippen LogP contribution in [0.1, 0.15) is 19.3 Å². The molecule has 196 valence electrons. The van der Waals surface area contributed by atoms with Crippen LogP contribution in [0.15, 0.2) is 30.3 Å². The molecular formula is C24H33N5O7. The van der Waals surface area contributed by atoms with Crippen molar-refractivity contribution in [1.29, 1.82) is 0 Å². The summed E-state index contributed by atoms with van der Waals surface area (Å²) in [6, 6.07) is 9.99. The van der Waals surface area contributed by atoms with E-state index >= 15 is 0 Å². The monoisotopic (exact) mass is 503 g/mol. The van der Waals surface area contributed by atoms with Crippen LogP contribution in [-0.2, 0) is 14.3 Å². The highest BCUT2D eigenvalue weighted by molar-refractivity contribution is 5.87. The molecule has 3 N–H and O–H groups in total. The van der Waals surface area contributed by atoms with Gasteiger partial charge < -0.3 is 29.4 Å². The Kier molecular flexibility index (Phi) is 8.14. The number of nitrogens with one attached hydrogen (secondary N) is 1. The number of hydrogen-bond acceptors (Lipinski definition) is 7. The fraction of sp³-hybridized carbons (Fsp3) is 0.583. The number of rotatable bonds is 4. The molecule has 3 fully saturated rings. The van der Waals surface area contributed by atoms with Crippen molar-refractivity contribution in [3.8, 4) is 0 Å². The van der Waals surface area contributed by atoms with Crippen molar-refractivity contribution in [1.82, 2.24) is 20.2 Å². The smallest absolute Gasteiger partial charge is 0.410 e. The van der Waals surface area contributed by atoms with Gasteiger partial charge in [-0.15, -0.1) is 0 Å². The fourth-order valence-corrected chi connectivity index (χ4v) is 5.26. The predicted octanol–water partition coefficient (Wildman–Crippen LogP) is 1.06. The second kappa shape index (κ2) is 11.5. The Morgan fingerprint density at radius 1 is 0.806 bits per heavy atom. The molecular weight excluding hydrogens is 470 g/mol. The summed E-state index contributed by atoms with van der Waals surface area (Å²) >= 11 is 0. The summed E-state index contributed by atoms with van der Waals surface area (Å²) in [4.78, 5) is 56.2. The Labute approximate surface area is 209 Å². The van der Waals surface area contributed by atoms with Gasteiger partial charge in [0.25, 0.3) is 0 Å². The van der Waals surface area contributed by atoms with Crippen LogP contribution in [0.4, 0.5) is 15.3 Å². The number of hydrogen-bond donors (Lipinski definition) is 3. The van der Waals surface area contributed by atoms with Crippen molar-refractivity contribution in [3.05, 3.63) is 30.3 Å². The highest BCUT2D eigenvalue weighted by Gasteiger charge is 2.43. The molecule has 3 unspecified atom stereocenters. The summed E-state index contributed by atoms with van der Waals surface area (Å²) in [6.45, 7) is 3.33. The zero-order valence-electron chi connectivity index (χ0n) is 20.1. The van der Waals surface area contributed by atoms with Crippen molar-refractivity contribution in [3.63, 3.8) is 0 Å². The van der Waals surface area contributed by atoms with E-state index in [4.69, 9.17) is 9.84 Å². The molecule has 12 heteroatoms. The molecule has 0 spiro atoms. The molecule has 1 aromatic carbocycles. The van der Waals surface area contributed by atoms with Crippen LogP contribution >= 0.6 is 0 Å². The number of nitrogens with zero attached hydrogens (tertiary/aromatic N) is 4. The maximum Gasteiger partial charge on any atom is 0.410 e. The van der Waals surface area contributed by atoms with Crippen LogP contribution in [-0.4, -0.2) is 107 Å². The van der Waals surface area contributed by atoms with Crippen LogP contribution in [0.25, 0.3) is 0 Å². The van der Waals surface area contributed by atoms with Gasteiger partial charge in [-0.1, -0.05) is 18.2 Å². The first-order valence-corrected chi connectivity index (χ1v) is 12.3. The summed E-state index contributed by atoms with van der Waals surface area (Å²) in [5.74, 6) is -2.20. The van der Waals surface area contributed by atoms with E-state index < -0.39 is 36.0 Å². The topological polar surface area (TPSA) is 143 Å². The molecule has 36 heavy (non-hydrogen) atoms. The molecule has 4 amide bonds. The zero-order valence-corrected chi connectivity index (χ0v) is 20.1. The molecule has 1 aromatic rings. The minimum absolute atomic E-state index is 0.120. The summed E-state index contributed by atoms with van der Waals surface area (Å²) in [7, 11) is 0. The van der Waals surface area contributed by atoms with Gasteiger partial charge in [0.15, 0.2) is 0 Å². The molecule has 1 saturated carbocycles. The Morgan fingerprint density at radius 3 is 2.03 bits per heavy atom. The normalized spacial score (nSPS) is 24.8. The van der Waals surface area contributed by atoms with E-state index in [0.717, 1.165) is 5.69 Å². The lowest BCUT2D eigenvalue weighted by Crippen LogP contribution is -2.54. The van der Waals surface area contributed by atoms with Crippen LogP contribution in [0.2, 0.25) is 0 Å². The van der Waals surface area contributed by atoms with E-state index in [1.807, 2.05) is 30.3 Å². The average Bonchev–Trinajstić information content (AvgIpc) is 2.92. The van der Waals surface area contributed by atoms with Gasteiger partial charge in [-0.25, -0.2) is 15.1 Å². The SMILES string of the molecule is O=C(NO)C1CC(OC(=O)N2CCN(C(=O)O)CC2)CCC1C(=O)N1CCN(c2ccccc2)CC1. The van der Waals surface area contributed by atoms with E-state index in [0.29, 0.717) is 39.0 Å². The van der Waals surface area contributed by atoms with E-state index in [9.17, 15) is 24.4 Å². The van der Waals surface area contributed by atoms with Crippen LogP contribution in [0.3, 0.4) is 0 Å². The van der Waals surface area contributed by atoms with Gasteiger partial charge >= 0.3 is 12.2 Å². The number of ether oxygens (including phenoxy) is 1. The molecule has 2 aliphatic heterocycles. The maximum absolute atomic E-state index is 13.4. The van der Waals surface area contributed by atoms with Crippen LogP contribution in [0, 0.1) is 11.8 Å². The summed E-state index contributed by atoms with van der Waals surface area (Å²) < 4.78 is 5.62. The molecule has 3 atom stereocenters. The summed E-state index contributed by atoms with van der Waals surface area (Å²) in [6.07, 6.45) is -1.23. The minimum atomic E-state index is -1.02. The fourth-order valence-electron chi connectivity index (χ4n) is 5.26. The molecule has 3 aliphatic rings. The third kappa shape index (κ3) is 5.81. The molecule has 0 aromatic heterocycles. The van der Waals surface area contributed by atoms with E-state index in [1.54, 1.807) is 10.4 Å². The van der Waals surface area contributed by atoms with Crippen molar-refractivity contribution in [2.45, 2.75) is 25.4 Å². The Balaban J connectivity index is 1.32. The quantitative estimate of drug-likeness (QED) is 0.409. The first-order chi connectivity index (χ1) is 17.4. The van der Waals surface area contributed by atoms with Gasteiger partial charge in [0.05, 0.1) is 11.8 Å². The van der Waals surface area contributed by atoms with Gasteiger partial charge in [0.1, 0.15) is 6.10 Å². The lowest BCUT2D eigenvalue weighted by molar-refractivity contribution is -0.149. The first kappa shape index (κ1) is 25.5. The van der Waals surface area contributed by atoms with Crippen molar-refractivity contribution >= 4 is 29.7 Å². The maximum atomic E-state index is 13.4. The van der Waals surface area contributed by atoms with Gasteiger partial charge in [-0.2, -0.15) is 0 Å². The third-order valence-corrected chi connectivity index (χ3v) is 7.35. The first-order valence-electron chi connectivity index (χ1n) is 12.3. The number of hydroxylamine groups is 1. The lowest BCUT2D eigenvalue weighted by Gasteiger charge is -2.41. The molecule has 1 aliphatic carbocycles. The molecule has 0 radical (unpaired) electrons. The predicted molar refractivity (Wildman–Crippen MR) is 127 cm³/mol. The average molecular weight is 504 g/mol. The number of amides is 4. The Hall–Kier alpha value is -3.54. The number of piperazine rings is 2. The zero-order chi connectivity index (χ0) is 25.7. The number of anilines is 1. The van der Waals surface area contributed by atoms with Crippen molar-refractivity contribution < 1.29 is 34.2 Å². The van der Waals surface area contributed by atoms with E-state index in [1.165, 1.54) is 9.80 Å². The molecule has 4 rings (SSSR count). The second-order valence-corrected chi connectivity index (χ2v) is 9.41. The summed E-state index contributed by atoms with van der Waals surface area (Å²) in [5, 5.41) is 18.4. The van der Waals surface area contributed by atoms with Crippen molar-refractivity contribution in [2.75, 3.05) is 57.3 Å². The highest BCUT2D eigenvalue weighted by atomic mass is 16.6. The van der Waals surface area contributed by atoms with Gasteiger partial charge in [-0.3, -0.25) is 14.8 Å². The van der Waals surface area contributed by atoms with Crippen molar-refractivity contribution in [2.24, 2.45) is 11.8 Å². The number of carboxylic acid groups (broad SMARTS) is 1. The van der Waals surface area contributed by atoms with Crippen LogP contribution < -0.4 is 10.4 Å². The minimum Gasteiger partial charge on any atom is -0.465 e. The van der Waals surface area contributed by atoms with Crippen LogP contribution in [0.5, 0.6) is 0 Å². The number of benzene rings is 1. The van der Waals surface area contributed by atoms with Gasteiger partial charge in [0, 0.05) is 58.0 Å². The third-order valence-electron chi connectivity index (χ3n) is 7.35. The molecule has 2 heterocycles. The van der Waals surface area contributed by atoms with E-state index in [2.05, 4.69) is 4.90 Å².